The Morgan fingerprint density at radius 1 is 1.36 bits per heavy atom. The first kappa shape index (κ1) is 10.2. The highest BCUT2D eigenvalue weighted by Gasteiger charge is 2.11. The van der Waals surface area contributed by atoms with E-state index < -0.39 is 11.9 Å². The zero-order valence-electron chi connectivity index (χ0n) is 7.60. The Balaban J connectivity index is 2.62. The van der Waals surface area contributed by atoms with Crippen molar-refractivity contribution in [3.05, 3.63) is 35.9 Å². The van der Waals surface area contributed by atoms with E-state index in [-0.39, 0.29) is 6.42 Å². The molecule has 1 aromatic rings. The van der Waals surface area contributed by atoms with Crippen molar-refractivity contribution in [2.75, 3.05) is 0 Å². The van der Waals surface area contributed by atoms with Crippen LogP contribution >= 0.6 is 0 Å². The molecule has 0 heterocycles. The Hall–Kier alpha value is -1.88. The summed E-state index contributed by atoms with van der Waals surface area (Å²) in [6.07, 6.45) is 0.150. The van der Waals surface area contributed by atoms with Crippen LogP contribution in [-0.4, -0.2) is 16.9 Å². The molecule has 14 heavy (non-hydrogen) atoms. The van der Waals surface area contributed by atoms with Crippen LogP contribution in [-0.2, 0) is 11.2 Å². The molecule has 5 heteroatoms. The van der Waals surface area contributed by atoms with Gasteiger partial charge in [-0.25, -0.2) is 10.9 Å². The number of benzene rings is 1. The molecule has 0 aliphatic carbocycles. The SMILES string of the molecule is N=C(N)N(N)C(=O)Cc1ccccc1. The second-order valence-corrected chi connectivity index (χ2v) is 2.81. The number of guanidine groups is 1. The topological polar surface area (TPSA) is 96.2 Å². The van der Waals surface area contributed by atoms with Crippen LogP contribution in [0, 0.1) is 5.41 Å². The molecule has 0 radical (unpaired) electrons. The fourth-order valence-electron chi connectivity index (χ4n) is 0.990. The Labute approximate surface area is 81.8 Å². The van der Waals surface area contributed by atoms with E-state index in [9.17, 15) is 4.79 Å². The van der Waals surface area contributed by atoms with Crippen molar-refractivity contribution < 1.29 is 4.79 Å². The average molecular weight is 192 g/mol. The van der Waals surface area contributed by atoms with Gasteiger partial charge < -0.3 is 5.73 Å². The van der Waals surface area contributed by atoms with Crippen molar-refractivity contribution in [3.63, 3.8) is 0 Å². The largest absolute Gasteiger partial charge is 0.369 e. The summed E-state index contributed by atoms with van der Waals surface area (Å²) in [5, 5.41) is 7.59. The molecule has 0 saturated heterocycles. The van der Waals surface area contributed by atoms with Gasteiger partial charge in [0.1, 0.15) is 0 Å². The van der Waals surface area contributed by atoms with Crippen molar-refractivity contribution in [2.45, 2.75) is 6.42 Å². The molecule has 5 N–H and O–H groups in total. The van der Waals surface area contributed by atoms with Crippen molar-refractivity contribution in [3.8, 4) is 0 Å². The molecule has 0 atom stereocenters. The van der Waals surface area contributed by atoms with Gasteiger partial charge in [0.25, 0.3) is 0 Å². The maximum atomic E-state index is 11.3. The predicted octanol–water partition coefficient (Wildman–Crippen LogP) is -0.175. The minimum absolute atomic E-state index is 0.150. The first-order valence-electron chi connectivity index (χ1n) is 4.07. The van der Waals surface area contributed by atoms with Gasteiger partial charge in [-0.15, -0.1) is 0 Å². The van der Waals surface area contributed by atoms with Crippen molar-refractivity contribution in [1.29, 1.82) is 5.41 Å². The van der Waals surface area contributed by atoms with E-state index in [4.69, 9.17) is 17.0 Å². The highest BCUT2D eigenvalue weighted by molar-refractivity contribution is 5.94. The van der Waals surface area contributed by atoms with Gasteiger partial charge in [-0.05, 0) is 5.56 Å². The van der Waals surface area contributed by atoms with Crippen molar-refractivity contribution >= 4 is 11.9 Å². The van der Waals surface area contributed by atoms with Crippen LogP contribution in [0.2, 0.25) is 0 Å². The minimum atomic E-state index is -0.453. The van der Waals surface area contributed by atoms with Gasteiger partial charge in [-0.2, -0.15) is 0 Å². The number of amides is 1. The molecule has 1 amide bonds. The molecule has 0 bridgehead atoms. The molecule has 74 valence electrons. The maximum absolute atomic E-state index is 11.3. The molecular weight excluding hydrogens is 180 g/mol. The second kappa shape index (κ2) is 4.38. The summed E-state index contributed by atoms with van der Waals surface area (Å²) in [4.78, 5) is 11.3. The van der Waals surface area contributed by atoms with Crippen LogP contribution in [0.25, 0.3) is 0 Å². The smallest absolute Gasteiger partial charge is 0.248 e. The highest BCUT2D eigenvalue weighted by atomic mass is 16.2. The van der Waals surface area contributed by atoms with Gasteiger partial charge in [-0.1, -0.05) is 30.3 Å². The number of hydrogen-bond donors (Lipinski definition) is 3. The number of carbonyl (C=O) groups is 1. The number of hydrazine groups is 1. The first-order chi connectivity index (χ1) is 6.61. The highest BCUT2D eigenvalue weighted by Crippen LogP contribution is 2.00. The lowest BCUT2D eigenvalue weighted by atomic mass is 10.1. The number of nitrogens with one attached hydrogen (secondary N) is 1. The van der Waals surface area contributed by atoms with E-state index in [1.807, 2.05) is 30.3 Å². The molecule has 0 saturated carbocycles. The van der Waals surface area contributed by atoms with E-state index in [0.29, 0.717) is 5.01 Å². The summed E-state index contributed by atoms with van der Waals surface area (Å²) in [7, 11) is 0. The molecule has 0 aliphatic heterocycles. The lowest BCUT2D eigenvalue weighted by Gasteiger charge is -2.13. The van der Waals surface area contributed by atoms with Crippen LogP contribution in [0.1, 0.15) is 5.56 Å². The van der Waals surface area contributed by atoms with Gasteiger partial charge in [0, 0.05) is 0 Å². The quantitative estimate of drug-likeness (QED) is 0.199. The van der Waals surface area contributed by atoms with Crippen LogP contribution in [0.15, 0.2) is 30.3 Å². The maximum Gasteiger partial charge on any atom is 0.248 e. The Kier molecular flexibility index (Phi) is 3.19. The van der Waals surface area contributed by atoms with Crippen LogP contribution in [0.4, 0.5) is 0 Å². The molecular formula is C9H12N4O. The van der Waals surface area contributed by atoms with Crippen molar-refractivity contribution in [1.82, 2.24) is 5.01 Å². The van der Waals surface area contributed by atoms with E-state index in [1.165, 1.54) is 0 Å². The number of carbonyl (C=O) groups excluding carboxylic acids is 1. The van der Waals surface area contributed by atoms with Gasteiger partial charge in [0.2, 0.25) is 11.9 Å². The third kappa shape index (κ3) is 2.56. The molecule has 0 aromatic heterocycles. The zero-order chi connectivity index (χ0) is 10.6. The van der Waals surface area contributed by atoms with Crippen molar-refractivity contribution in [2.24, 2.45) is 11.6 Å². The Morgan fingerprint density at radius 3 is 2.43 bits per heavy atom. The molecule has 0 fully saturated rings. The van der Waals surface area contributed by atoms with Crippen LogP contribution < -0.4 is 11.6 Å². The van der Waals surface area contributed by atoms with Crippen LogP contribution in [0.5, 0.6) is 0 Å². The van der Waals surface area contributed by atoms with Gasteiger partial charge in [0.15, 0.2) is 0 Å². The average Bonchev–Trinajstić information content (AvgIpc) is 2.18. The van der Waals surface area contributed by atoms with Crippen LogP contribution in [0.3, 0.4) is 0 Å². The molecule has 1 aromatic carbocycles. The normalized spacial score (nSPS) is 9.50. The van der Waals surface area contributed by atoms with Gasteiger partial charge >= 0.3 is 0 Å². The number of nitrogens with zero attached hydrogens (tertiary/aromatic N) is 1. The van der Waals surface area contributed by atoms with E-state index >= 15 is 0 Å². The Morgan fingerprint density at radius 2 is 1.93 bits per heavy atom. The zero-order valence-corrected chi connectivity index (χ0v) is 7.60. The van der Waals surface area contributed by atoms with E-state index in [1.54, 1.807) is 0 Å². The van der Waals surface area contributed by atoms with Gasteiger partial charge in [0.05, 0.1) is 6.42 Å². The summed E-state index contributed by atoms with van der Waals surface area (Å²) in [6.45, 7) is 0. The number of rotatable bonds is 2. The Bertz CT molecular complexity index is 336. The molecule has 0 spiro atoms. The van der Waals surface area contributed by atoms with E-state index in [0.717, 1.165) is 5.56 Å². The fraction of sp³-hybridized carbons (Fsp3) is 0.111. The minimum Gasteiger partial charge on any atom is -0.369 e. The molecule has 0 aliphatic rings. The molecule has 1 rings (SSSR count). The summed E-state index contributed by atoms with van der Waals surface area (Å²) >= 11 is 0. The number of nitrogens with two attached hydrogens (primary N) is 2. The summed E-state index contributed by atoms with van der Waals surface area (Å²) in [5.41, 5.74) is 5.90. The third-order valence-corrected chi connectivity index (χ3v) is 1.73. The summed E-state index contributed by atoms with van der Waals surface area (Å²) in [6, 6.07) is 9.14. The lowest BCUT2D eigenvalue weighted by Crippen LogP contribution is -2.47. The monoisotopic (exact) mass is 192 g/mol. The first-order valence-corrected chi connectivity index (χ1v) is 4.07. The summed E-state index contributed by atoms with van der Waals surface area (Å²) in [5.74, 6) is 4.39. The predicted molar refractivity (Wildman–Crippen MR) is 53.1 cm³/mol. The molecule has 5 nitrogen and oxygen atoms in total. The van der Waals surface area contributed by atoms with Gasteiger partial charge in [-0.3, -0.25) is 10.2 Å². The lowest BCUT2D eigenvalue weighted by molar-refractivity contribution is -0.126. The number of hydrogen-bond acceptors (Lipinski definition) is 3. The third-order valence-electron chi connectivity index (χ3n) is 1.73. The summed E-state index contributed by atoms with van der Waals surface area (Å²) < 4.78 is 0. The van der Waals surface area contributed by atoms with E-state index in [2.05, 4.69) is 0 Å². The molecule has 0 unspecified atom stereocenters. The standard InChI is InChI=1S/C9H12N4O/c10-9(11)13(12)8(14)6-7-4-2-1-3-5-7/h1-5H,6,12H2,(H3,10,11). The second-order valence-electron chi connectivity index (χ2n) is 2.81. The fourth-order valence-corrected chi connectivity index (χ4v) is 0.990.